The van der Waals surface area contributed by atoms with Crippen LogP contribution in [0, 0.1) is 5.41 Å². The zero-order chi connectivity index (χ0) is 12.6. The van der Waals surface area contributed by atoms with Gasteiger partial charge in [-0.15, -0.1) is 0 Å². The Morgan fingerprint density at radius 3 is 2.44 bits per heavy atom. The Morgan fingerprint density at radius 1 is 1.28 bits per heavy atom. The third-order valence-corrected chi connectivity index (χ3v) is 4.45. The van der Waals surface area contributed by atoms with Crippen LogP contribution in [0.5, 0.6) is 0 Å². The number of hydrogen-bond donors (Lipinski definition) is 2. The highest BCUT2D eigenvalue weighted by Crippen LogP contribution is 2.41. The number of hydrazine groups is 1. The topological polar surface area (TPSA) is 76.8 Å². The summed E-state index contributed by atoms with van der Waals surface area (Å²) >= 11 is 0. The molecule has 3 N–H and O–H groups in total. The Balaban J connectivity index is 1.39. The smallest absolute Gasteiger partial charge is 0.421 e. The van der Waals surface area contributed by atoms with E-state index in [2.05, 4.69) is 4.90 Å². The molecule has 2 heterocycles. The highest BCUT2D eigenvalue weighted by atomic mass is 16.6. The van der Waals surface area contributed by atoms with E-state index in [4.69, 9.17) is 15.3 Å². The second-order valence-corrected chi connectivity index (χ2v) is 5.88. The molecule has 2 aliphatic heterocycles. The zero-order valence-electron chi connectivity index (χ0n) is 10.6. The van der Waals surface area contributed by atoms with Crippen molar-refractivity contribution in [2.24, 2.45) is 11.3 Å². The minimum Gasteiger partial charge on any atom is -0.445 e. The molecule has 3 rings (SSSR count). The van der Waals surface area contributed by atoms with E-state index in [0.717, 1.165) is 38.9 Å². The molecule has 6 nitrogen and oxygen atoms in total. The SMILES string of the molecule is NNC(=O)OC1CCC(N2CC3(COC3)C2)CC1. The summed E-state index contributed by atoms with van der Waals surface area (Å²) in [6.07, 6.45) is 3.62. The van der Waals surface area contributed by atoms with E-state index in [-0.39, 0.29) is 6.10 Å². The van der Waals surface area contributed by atoms with Crippen LogP contribution in [0.2, 0.25) is 0 Å². The molecule has 0 aromatic rings. The normalized spacial score (nSPS) is 34.5. The third-order valence-electron chi connectivity index (χ3n) is 4.45. The first kappa shape index (κ1) is 12.2. The van der Waals surface area contributed by atoms with Gasteiger partial charge in [-0.05, 0) is 25.7 Å². The summed E-state index contributed by atoms with van der Waals surface area (Å²) in [6.45, 7) is 4.26. The summed E-state index contributed by atoms with van der Waals surface area (Å²) in [6, 6.07) is 0.664. The average molecular weight is 255 g/mol. The Kier molecular flexibility index (Phi) is 3.17. The van der Waals surface area contributed by atoms with Crippen LogP contribution in [0.4, 0.5) is 4.79 Å². The number of ether oxygens (including phenoxy) is 2. The minimum absolute atomic E-state index is 0.0343. The standard InChI is InChI=1S/C12H21N3O3/c13-14-11(16)18-10-3-1-9(2-4-10)15-5-12(6-15)7-17-8-12/h9-10H,1-8,13H2,(H,14,16). The van der Waals surface area contributed by atoms with Crippen molar-refractivity contribution in [3.05, 3.63) is 0 Å². The Bertz CT molecular complexity index is 317. The van der Waals surface area contributed by atoms with Crippen molar-refractivity contribution in [2.75, 3.05) is 26.3 Å². The molecule has 1 saturated carbocycles. The number of likely N-dealkylation sites (tertiary alicyclic amines) is 1. The molecule has 0 radical (unpaired) electrons. The largest absolute Gasteiger partial charge is 0.445 e. The van der Waals surface area contributed by atoms with E-state index in [1.165, 1.54) is 13.1 Å². The van der Waals surface area contributed by atoms with Gasteiger partial charge in [0.05, 0.1) is 13.2 Å². The van der Waals surface area contributed by atoms with Crippen LogP contribution in [0.1, 0.15) is 25.7 Å². The zero-order valence-corrected chi connectivity index (χ0v) is 10.6. The monoisotopic (exact) mass is 255 g/mol. The molecular formula is C12H21N3O3. The number of nitrogens with two attached hydrogens (primary N) is 1. The van der Waals surface area contributed by atoms with Crippen LogP contribution in [-0.4, -0.2) is 49.4 Å². The molecule has 0 aromatic heterocycles. The Hall–Kier alpha value is -0.850. The highest BCUT2D eigenvalue weighted by molar-refractivity contribution is 5.66. The molecule has 1 aliphatic carbocycles. The summed E-state index contributed by atoms with van der Waals surface area (Å²) in [5.74, 6) is 5.00. The van der Waals surface area contributed by atoms with E-state index in [1.807, 2.05) is 5.43 Å². The predicted octanol–water partition coefficient (Wildman–Crippen LogP) is 0.230. The lowest BCUT2D eigenvalue weighted by Gasteiger charge is -2.58. The first-order valence-corrected chi connectivity index (χ1v) is 6.70. The lowest BCUT2D eigenvalue weighted by Crippen LogP contribution is -2.68. The quantitative estimate of drug-likeness (QED) is 0.419. The van der Waals surface area contributed by atoms with Crippen molar-refractivity contribution in [1.29, 1.82) is 0 Å². The van der Waals surface area contributed by atoms with Crippen LogP contribution in [0.25, 0.3) is 0 Å². The number of carbonyl (C=O) groups excluding carboxylic acids is 1. The minimum atomic E-state index is -0.520. The van der Waals surface area contributed by atoms with Gasteiger partial charge in [0.25, 0.3) is 0 Å². The number of rotatable bonds is 2. The molecule has 0 unspecified atom stereocenters. The number of amides is 1. The molecule has 3 fully saturated rings. The number of nitrogens with zero attached hydrogens (tertiary/aromatic N) is 1. The van der Waals surface area contributed by atoms with Gasteiger partial charge in [0.2, 0.25) is 0 Å². The van der Waals surface area contributed by atoms with Gasteiger partial charge >= 0.3 is 6.09 Å². The molecule has 2 saturated heterocycles. The number of nitrogens with one attached hydrogen (secondary N) is 1. The van der Waals surface area contributed by atoms with Gasteiger partial charge in [-0.1, -0.05) is 0 Å². The maximum Gasteiger partial charge on any atom is 0.421 e. The Morgan fingerprint density at radius 2 is 1.94 bits per heavy atom. The lowest BCUT2D eigenvalue weighted by atomic mass is 9.75. The molecule has 0 atom stereocenters. The molecule has 102 valence electrons. The second-order valence-electron chi connectivity index (χ2n) is 5.88. The molecule has 0 bridgehead atoms. The maximum absolute atomic E-state index is 11.0. The molecule has 1 amide bonds. The summed E-state index contributed by atoms with van der Waals surface area (Å²) in [7, 11) is 0. The summed E-state index contributed by atoms with van der Waals surface area (Å²) in [4.78, 5) is 13.6. The van der Waals surface area contributed by atoms with Crippen molar-refractivity contribution in [3.63, 3.8) is 0 Å². The number of hydrogen-bond acceptors (Lipinski definition) is 5. The van der Waals surface area contributed by atoms with E-state index in [0.29, 0.717) is 11.5 Å². The fraction of sp³-hybridized carbons (Fsp3) is 0.917. The van der Waals surface area contributed by atoms with Gasteiger partial charge in [0.1, 0.15) is 6.10 Å². The van der Waals surface area contributed by atoms with E-state index >= 15 is 0 Å². The summed E-state index contributed by atoms with van der Waals surface area (Å²) < 4.78 is 10.5. The summed E-state index contributed by atoms with van der Waals surface area (Å²) in [5.41, 5.74) is 2.50. The van der Waals surface area contributed by atoms with Crippen LogP contribution < -0.4 is 11.3 Å². The van der Waals surface area contributed by atoms with Crippen molar-refractivity contribution in [2.45, 2.75) is 37.8 Å². The van der Waals surface area contributed by atoms with Gasteiger partial charge in [-0.3, -0.25) is 10.3 Å². The van der Waals surface area contributed by atoms with Gasteiger partial charge in [-0.25, -0.2) is 10.6 Å². The van der Waals surface area contributed by atoms with Crippen LogP contribution in [0.3, 0.4) is 0 Å². The van der Waals surface area contributed by atoms with E-state index < -0.39 is 6.09 Å². The lowest BCUT2D eigenvalue weighted by molar-refractivity contribution is -0.201. The van der Waals surface area contributed by atoms with Crippen LogP contribution in [-0.2, 0) is 9.47 Å². The molecular weight excluding hydrogens is 234 g/mol. The van der Waals surface area contributed by atoms with Gasteiger partial charge in [0.15, 0.2) is 0 Å². The molecule has 3 aliphatic rings. The van der Waals surface area contributed by atoms with Crippen molar-refractivity contribution < 1.29 is 14.3 Å². The van der Waals surface area contributed by atoms with Crippen molar-refractivity contribution in [3.8, 4) is 0 Å². The van der Waals surface area contributed by atoms with Crippen LogP contribution >= 0.6 is 0 Å². The molecule has 6 heteroatoms. The second kappa shape index (κ2) is 4.68. The van der Waals surface area contributed by atoms with E-state index in [1.54, 1.807) is 0 Å². The third kappa shape index (κ3) is 2.20. The molecule has 18 heavy (non-hydrogen) atoms. The van der Waals surface area contributed by atoms with Crippen molar-refractivity contribution >= 4 is 6.09 Å². The van der Waals surface area contributed by atoms with Crippen LogP contribution in [0.15, 0.2) is 0 Å². The van der Waals surface area contributed by atoms with E-state index in [9.17, 15) is 4.79 Å². The number of carbonyl (C=O) groups is 1. The van der Waals surface area contributed by atoms with Gasteiger partial charge in [0, 0.05) is 24.5 Å². The molecule has 0 aromatic carbocycles. The first-order chi connectivity index (χ1) is 8.71. The maximum atomic E-state index is 11.0. The Labute approximate surface area is 107 Å². The van der Waals surface area contributed by atoms with Gasteiger partial charge < -0.3 is 9.47 Å². The average Bonchev–Trinajstić information content (AvgIpc) is 2.27. The predicted molar refractivity (Wildman–Crippen MR) is 64.7 cm³/mol. The fourth-order valence-electron chi connectivity index (χ4n) is 3.36. The first-order valence-electron chi connectivity index (χ1n) is 6.70. The van der Waals surface area contributed by atoms with Crippen molar-refractivity contribution in [1.82, 2.24) is 10.3 Å². The highest BCUT2D eigenvalue weighted by Gasteiger charge is 2.50. The molecule has 1 spiro atoms. The summed E-state index contributed by atoms with van der Waals surface area (Å²) in [5, 5.41) is 0. The fourth-order valence-corrected chi connectivity index (χ4v) is 3.36. The van der Waals surface area contributed by atoms with Gasteiger partial charge in [-0.2, -0.15) is 0 Å².